The summed E-state index contributed by atoms with van der Waals surface area (Å²) in [6.07, 6.45) is 0.516. The first-order chi connectivity index (χ1) is 11.5. The van der Waals surface area contributed by atoms with Crippen LogP contribution in [0.25, 0.3) is 0 Å². The first-order valence-corrected chi connectivity index (χ1v) is 8.96. The molecule has 1 amide bonds. The van der Waals surface area contributed by atoms with Crippen molar-refractivity contribution in [1.82, 2.24) is 4.90 Å². The molecule has 4 nitrogen and oxygen atoms in total. The van der Waals surface area contributed by atoms with Crippen LogP contribution >= 0.6 is 11.3 Å². The van der Waals surface area contributed by atoms with E-state index in [0.29, 0.717) is 24.3 Å². The molecule has 1 heterocycles. The minimum absolute atomic E-state index is 0.0577. The monoisotopic (exact) mass is 343 g/mol. The molecule has 1 aromatic heterocycles. The molecule has 126 valence electrons. The minimum Gasteiger partial charge on any atom is -0.483 e. The van der Waals surface area contributed by atoms with E-state index in [1.807, 2.05) is 29.8 Å². The number of benzene rings is 1. The lowest BCUT2D eigenvalue weighted by molar-refractivity contribution is -0.132. The SMILES string of the molecule is Cc1ccc(OCC(=O)N(C)Cc2ccsc2)c2c1[C@@H](C)CC2=O. The van der Waals surface area contributed by atoms with Crippen LogP contribution in [0.5, 0.6) is 5.75 Å². The molecule has 5 heteroatoms. The first kappa shape index (κ1) is 16.7. The number of hydrogen-bond donors (Lipinski definition) is 0. The van der Waals surface area contributed by atoms with E-state index in [9.17, 15) is 9.59 Å². The van der Waals surface area contributed by atoms with Gasteiger partial charge in [0.25, 0.3) is 5.91 Å². The van der Waals surface area contributed by atoms with Crippen molar-refractivity contribution >= 4 is 23.0 Å². The van der Waals surface area contributed by atoms with Crippen molar-refractivity contribution in [3.05, 3.63) is 51.2 Å². The lowest BCUT2D eigenvalue weighted by Crippen LogP contribution is -2.31. The third-order valence-corrected chi connectivity index (χ3v) is 5.20. The van der Waals surface area contributed by atoms with Gasteiger partial charge >= 0.3 is 0 Å². The summed E-state index contributed by atoms with van der Waals surface area (Å²) in [5.74, 6) is 0.750. The number of amides is 1. The summed E-state index contributed by atoms with van der Waals surface area (Å²) in [7, 11) is 1.76. The lowest BCUT2D eigenvalue weighted by atomic mass is 9.97. The second kappa shape index (κ2) is 6.77. The largest absolute Gasteiger partial charge is 0.483 e. The summed E-state index contributed by atoms with van der Waals surface area (Å²) in [4.78, 5) is 26.2. The van der Waals surface area contributed by atoms with Gasteiger partial charge in [0.15, 0.2) is 12.4 Å². The maximum absolute atomic E-state index is 12.3. The molecule has 0 saturated carbocycles. The van der Waals surface area contributed by atoms with E-state index in [1.165, 1.54) is 0 Å². The fourth-order valence-electron chi connectivity index (χ4n) is 3.22. The van der Waals surface area contributed by atoms with Gasteiger partial charge in [0.1, 0.15) is 5.75 Å². The quantitative estimate of drug-likeness (QED) is 0.830. The number of fused-ring (bicyclic) bond motifs is 1. The van der Waals surface area contributed by atoms with Crippen LogP contribution in [-0.4, -0.2) is 30.2 Å². The molecule has 1 aliphatic carbocycles. The second-order valence-electron chi connectivity index (χ2n) is 6.37. The molecular weight excluding hydrogens is 322 g/mol. The van der Waals surface area contributed by atoms with Crippen LogP contribution in [0.3, 0.4) is 0 Å². The van der Waals surface area contributed by atoms with Crippen molar-refractivity contribution in [3.63, 3.8) is 0 Å². The highest BCUT2D eigenvalue weighted by Gasteiger charge is 2.31. The van der Waals surface area contributed by atoms with Crippen molar-refractivity contribution < 1.29 is 14.3 Å². The Labute approximate surface area is 146 Å². The fourth-order valence-corrected chi connectivity index (χ4v) is 3.88. The van der Waals surface area contributed by atoms with E-state index in [4.69, 9.17) is 4.74 Å². The van der Waals surface area contributed by atoms with E-state index in [-0.39, 0.29) is 24.2 Å². The van der Waals surface area contributed by atoms with E-state index < -0.39 is 0 Å². The number of aryl methyl sites for hydroxylation is 1. The van der Waals surface area contributed by atoms with Crippen LogP contribution in [0.1, 0.15) is 46.3 Å². The predicted molar refractivity (Wildman–Crippen MR) is 94.8 cm³/mol. The summed E-state index contributed by atoms with van der Waals surface area (Å²) in [6.45, 7) is 4.57. The average molecular weight is 343 g/mol. The summed E-state index contributed by atoms with van der Waals surface area (Å²) >= 11 is 1.61. The van der Waals surface area contributed by atoms with Gasteiger partial charge in [-0.1, -0.05) is 13.0 Å². The van der Waals surface area contributed by atoms with Crippen molar-refractivity contribution in [1.29, 1.82) is 0 Å². The van der Waals surface area contributed by atoms with E-state index >= 15 is 0 Å². The Morgan fingerprint density at radius 3 is 2.88 bits per heavy atom. The Balaban J connectivity index is 1.69. The van der Waals surface area contributed by atoms with Crippen molar-refractivity contribution in [2.75, 3.05) is 13.7 Å². The summed E-state index contributed by atoms with van der Waals surface area (Å²) < 4.78 is 5.72. The van der Waals surface area contributed by atoms with Crippen LogP contribution in [0, 0.1) is 6.92 Å². The highest BCUT2D eigenvalue weighted by Crippen LogP contribution is 2.40. The number of Topliss-reactive ketones (excluding diaryl/α,β-unsaturated/α-hetero) is 1. The number of nitrogens with zero attached hydrogens (tertiary/aromatic N) is 1. The van der Waals surface area contributed by atoms with E-state index in [2.05, 4.69) is 6.92 Å². The average Bonchev–Trinajstić information content (AvgIpc) is 3.15. The third kappa shape index (κ3) is 3.22. The zero-order valence-corrected chi connectivity index (χ0v) is 15.0. The van der Waals surface area contributed by atoms with E-state index in [0.717, 1.165) is 16.7 Å². The highest BCUT2D eigenvalue weighted by molar-refractivity contribution is 7.07. The molecular formula is C19H21NO3S. The molecule has 0 fully saturated rings. The number of carbonyl (C=O) groups excluding carboxylic acids is 2. The normalized spacial score (nSPS) is 16.1. The smallest absolute Gasteiger partial charge is 0.260 e. The molecule has 0 aliphatic heterocycles. The van der Waals surface area contributed by atoms with Crippen LogP contribution in [-0.2, 0) is 11.3 Å². The van der Waals surface area contributed by atoms with Gasteiger partial charge in [-0.15, -0.1) is 0 Å². The van der Waals surface area contributed by atoms with E-state index in [1.54, 1.807) is 29.4 Å². The van der Waals surface area contributed by atoms with Gasteiger partial charge in [-0.2, -0.15) is 11.3 Å². The fraction of sp³-hybridized carbons (Fsp3) is 0.368. The minimum atomic E-state index is -0.103. The highest BCUT2D eigenvalue weighted by atomic mass is 32.1. The van der Waals surface area contributed by atoms with Crippen molar-refractivity contribution in [2.24, 2.45) is 0 Å². The molecule has 3 rings (SSSR count). The van der Waals surface area contributed by atoms with Gasteiger partial charge in [-0.3, -0.25) is 9.59 Å². The molecule has 0 bridgehead atoms. The van der Waals surface area contributed by atoms with Crippen LogP contribution < -0.4 is 4.74 Å². The van der Waals surface area contributed by atoms with Crippen molar-refractivity contribution in [2.45, 2.75) is 32.7 Å². The number of thiophene rings is 1. The number of rotatable bonds is 5. The summed E-state index contributed by atoms with van der Waals surface area (Å²) in [5, 5.41) is 4.02. The topological polar surface area (TPSA) is 46.6 Å². The Hall–Kier alpha value is -2.14. The Bertz CT molecular complexity index is 767. The molecule has 1 aliphatic rings. The van der Waals surface area contributed by atoms with Gasteiger partial charge in [-0.05, 0) is 52.4 Å². The number of ether oxygens (including phenoxy) is 1. The molecule has 0 N–H and O–H groups in total. The van der Waals surface area contributed by atoms with Gasteiger partial charge in [0.05, 0.1) is 5.56 Å². The standard InChI is InChI=1S/C19H21NO3S/c1-12-4-5-16(19-15(21)8-13(2)18(12)19)23-10-17(22)20(3)9-14-6-7-24-11-14/h4-7,11,13H,8-10H2,1-3H3/t13-/m0/s1. The lowest BCUT2D eigenvalue weighted by Gasteiger charge is -2.18. The van der Waals surface area contributed by atoms with Crippen LogP contribution in [0.15, 0.2) is 29.0 Å². The maximum Gasteiger partial charge on any atom is 0.260 e. The molecule has 0 unspecified atom stereocenters. The maximum atomic E-state index is 12.3. The second-order valence-corrected chi connectivity index (χ2v) is 7.15. The molecule has 0 radical (unpaired) electrons. The first-order valence-electron chi connectivity index (χ1n) is 8.02. The molecule has 0 spiro atoms. The number of ketones is 1. The van der Waals surface area contributed by atoms with Gasteiger partial charge in [0, 0.05) is 20.0 Å². The van der Waals surface area contributed by atoms with Crippen LogP contribution in [0.2, 0.25) is 0 Å². The molecule has 24 heavy (non-hydrogen) atoms. The molecule has 0 saturated heterocycles. The van der Waals surface area contributed by atoms with Crippen LogP contribution in [0.4, 0.5) is 0 Å². The summed E-state index contributed by atoms with van der Waals surface area (Å²) in [6, 6.07) is 5.77. The predicted octanol–water partition coefficient (Wildman–Crippen LogP) is 3.78. The van der Waals surface area contributed by atoms with Gasteiger partial charge in [0.2, 0.25) is 0 Å². The summed E-state index contributed by atoms with van der Waals surface area (Å²) in [5.41, 5.74) is 3.94. The Morgan fingerprint density at radius 1 is 1.38 bits per heavy atom. The Kier molecular flexibility index (Phi) is 4.71. The number of likely N-dealkylation sites (N-methyl/N-ethyl adjacent to an activating group) is 1. The van der Waals surface area contributed by atoms with Gasteiger partial charge in [-0.25, -0.2) is 0 Å². The zero-order chi connectivity index (χ0) is 17.3. The number of carbonyl (C=O) groups is 2. The molecule has 1 aromatic carbocycles. The Morgan fingerprint density at radius 2 is 2.17 bits per heavy atom. The zero-order valence-electron chi connectivity index (χ0n) is 14.2. The number of hydrogen-bond acceptors (Lipinski definition) is 4. The third-order valence-electron chi connectivity index (χ3n) is 4.47. The van der Waals surface area contributed by atoms with Crippen molar-refractivity contribution in [3.8, 4) is 5.75 Å². The molecule has 2 aromatic rings. The van der Waals surface area contributed by atoms with Gasteiger partial charge < -0.3 is 9.64 Å². The molecule has 1 atom stereocenters.